The first kappa shape index (κ1) is 29.0. The van der Waals surface area contributed by atoms with Crippen LogP contribution in [-0.2, 0) is 37.4 Å². The number of hydrogen-bond donors (Lipinski definition) is 2. The summed E-state index contributed by atoms with van der Waals surface area (Å²) in [6.07, 6.45) is 8.09. The molecule has 41 heavy (non-hydrogen) atoms. The van der Waals surface area contributed by atoms with Crippen molar-refractivity contribution in [3.63, 3.8) is 0 Å². The molecular weight excluding hydrogens is 566 g/mol. The summed E-state index contributed by atoms with van der Waals surface area (Å²) in [5, 5.41) is 13.6. The van der Waals surface area contributed by atoms with Crippen LogP contribution in [0.15, 0.2) is 46.3 Å². The molecule has 1 aromatic heterocycles. The molecule has 2 aromatic rings. The van der Waals surface area contributed by atoms with Gasteiger partial charge in [0.05, 0.1) is 22.4 Å². The van der Waals surface area contributed by atoms with E-state index in [1.54, 1.807) is 22.5 Å². The Balaban J connectivity index is 0.961. The number of ether oxygens (including phenoxy) is 2. The number of sulfonamides is 1. The Hall–Kier alpha value is -2.09. The van der Waals surface area contributed by atoms with Crippen LogP contribution in [0.1, 0.15) is 56.2 Å². The first-order chi connectivity index (χ1) is 19.6. The Morgan fingerprint density at radius 3 is 2.66 bits per heavy atom. The lowest BCUT2D eigenvalue weighted by atomic mass is 9.88. The number of aromatic nitrogens is 1. The zero-order valence-corrected chi connectivity index (χ0v) is 24.8. The molecule has 1 unspecified atom stereocenters. The number of nitrogens with one attached hydrogen (secondary N) is 1. The summed E-state index contributed by atoms with van der Waals surface area (Å²) >= 11 is 0. The Morgan fingerprint density at radius 2 is 1.88 bits per heavy atom. The van der Waals surface area contributed by atoms with Gasteiger partial charge in [0.15, 0.2) is 9.84 Å². The quantitative estimate of drug-likeness (QED) is 0.418. The maximum absolute atomic E-state index is 13.3. The molecule has 2 N–H and O–H groups in total. The molecule has 0 amide bonds. The highest BCUT2D eigenvalue weighted by molar-refractivity contribution is 7.92. The Labute approximate surface area is 242 Å². The van der Waals surface area contributed by atoms with Crippen molar-refractivity contribution in [2.24, 2.45) is 0 Å². The van der Waals surface area contributed by atoms with Crippen LogP contribution in [-0.4, -0.2) is 87.1 Å². The number of nitrogens with zero attached hydrogens (tertiary/aromatic N) is 2. The van der Waals surface area contributed by atoms with E-state index >= 15 is 0 Å². The average Bonchev–Trinajstić information content (AvgIpc) is 3.78. The summed E-state index contributed by atoms with van der Waals surface area (Å²) in [6.45, 7) is 1.63. The number of rotatable bonds is 10. The van der Waals surface area contributed by atoms with E-state index in [2.05, 4.69) is 10.3 Å². The number of hydrogen-bond acceptors (Lipinski definition) is 9. The lowest BCUT2D eigenvalue weighted by molar-refractivity contribution is -0.0312. The molecule has 1 spiro atoms. The second kappa shape index (κ2) is 11.5. The zero-order valence-electron chi connectivity index (χ0n) is 23.2. The van der Waals surface area contributed by atoms with Gasteiger partial charge in [0.2, 0.25) is 10.0 Å². The van der Waals surface area contributed by atoms with Crippen LogP contribution in [0.5, 0.6) is 5.75 Å². The SMILES string of the molecule is O=S(=O)(c1cccc(OCC(O)CN[C@H]2COC3(CCN(S(=O)(=O)c4cnc5c(c4)CCCC5)CC3)C2)c1)C1CC1. The summed E-state index contributed by atoms with van der Waals surface area (Å²) in [5.41, 5.74) is 1.71. The van der Waals surface area contributed by atoms with Gasteiger partial charge in [-0.1, -0.05) is 6.07 Å². The number of aliphatic hydroxyl groups excluding tert-OH is 1. The van der Waals surface area contributed by atoms with Gasteiger partial charge in [0.25, 0.3) is 0 Å². The van der Waals surface area contributed by atoms with Gasteiger partial charge < -0.3 is 19.9 Å². The monoisotopic (exact) mass is 605 g/mol. The predicted octanol–water partition coefficient (Wildman–Crippen LogP) is 2.24. The number of pyridine rings is 1. The first-order valence-corrected chi connectivity index (χ1v) is 17.6. The van der Waals surface area contributed by atoms with E-state index in [0.29, 0.717) is 57.7 Å². The molecule has 0 radical (unpaired) electrons. The fourth-order valence-electron chi connectivity index (χ4n) is 6.18. The Kier molecular flexibility index (Phi) is 8.16. The van der Waals surface area contributed by atoms with Crippen molar-refractivity contribution in [3.8, 4) is 5.75 Å². The highest BCUT2D eigenvalue weighted by atomic mass is 32.2. The van der Waals surface area contributed by atoms with E-state index in [4.69, 9.17) is 9.47 Å². The minimum absolute atomic E-state index is 0.0308. The molecule has 12 heteroatoms. The molecule has 3 heterocycles. The van der Waals surface area contributed by atoms with Crippen LogP contribution in [0.4, 0.5) is 0 Å². The second-order valence-electron chi connectivity index (χ2n) is 11.9. The van der Waals surface area contributed by atoms with Gasteiger partial charge in [-0.15, -0.1) is 0 Å². The third kappa shape index (κ3) is 6.33. The molecule has 2 aliphatic heterocycles. The maximum Gasteiger partial charge on any atom is 0.244 e. The van der Waals surface area contributed by atoms with Gasteiger partial charge in [-0.2, -0.15) is 4.31 Å². The molecule has 1 aromatic carbocycles. The van der Waals surface area contributed by atoms with Crippen LogP contribution in [0.25, 0.3) is 0 Å². The van der Waals surface area contributed by atoms with Crippen LogP contribution >= 0.6 is 0 Å². The highest BCUT2D eigenvalue weighted by Gasteiger charge is 2.45. The van der Waals surface area contributed by atoms with Crippen LogP contribution in [0, 0.1) is 0 Å². The fourth-order valence-corrected chi connectivity index (χ4v) is 9.31. The van der Waals surface area contributed by atoms with Gasteiger partial charge in [0, 0.05) is 37.6 Å². The van der Waals surface area contributed by atoms with E-state index < -0.39 is 26.0 Å². The van der Waals surface area contributed by atoms with Crippen LogP contribution in [0.2, 0.25) is 0 Å². The van der Waals surface area contributed by atoms with Gasteiger partial charge in [-0.3, -0.25) is 4.98 Å². The number of fused-ring (bicyclic) bond motifs is 1. The van der Waals surface area contributed by atoms with Crippen molar-refractivity contribution in [2.75, 3.05) is 32.8 Å². The molecule has 224 valence electrons. The molecular formula is C29H39N3O7S2. The van der Waals surface area contributed by atoms with Crippen molar-refractivity contribution < 1.29 is 31.4 Å². The Morgan fingerprint density at radius 1 is 1.10 bits per heavy atom. The van der Waals surface area contributed by atoms with E-state index in [1.165, 1.54) is 12.3 Å². The molecule has 2 aliphatic carbocycles. The van der Waals surface area contributed by atoms with Gasteiger partial charge in [0.1, 0.15) is 23.4 Å². The molecule has 6 rings (SSSR count). The maximum atomic E-state index is 13.3. The number of aryl methyl sites for hydroxylation is 2. The normalized spacial score (nSPS) is 23.8. The molecule has 0 bridgehead atoms. The second-order valence-corrected chi connectivity index (χ2v) is 16.0. The number of sulfone groups is 1. The third-order valence-electron chi connectivity index (χ3n) is 8.81. The summed E-state index contributed by atoms with van der Waals surface area (Å²) in [6, 6.07) is 8.32. The topological polar surface area (TPSA) is 135 Å². The largest absolute Gasteiger partial charge is 0.491 e. The van der Waals surface area contributed by atoms with E-state index in [0.717, 1.165) is 43.4 Å². The number of benzene rings is 1. The summed E-state index contributed by atoms with van der Waals surface area (Å²) in [7, 11) is -6.90. The zero-order chi connectivity index (χ0) is 28.7. The molecule has 2 atom stereocenters. The van der Waals surface area contributed by atoms with Gasteiger partial charge in [-0.25, -0.2) is 16.8 Å². The van der Waals surface area contributed by atoms with Gasteiger partial charge in [-0.05, 0) is 87.6 Å². The standard InChI is InChI=1S/C29H39N3O7S2/c33-23(20-38-24-5-3-6-26(15-24)40(34,35)25-8-9-25)17-30-22-16-29(39-19-22)10-12-32(13-11-29)41(36,37)27-14-21-4-1-2-7-28(21)31-18-27/h3,5-6,14-15,18,22-23,25,30,33H,1-2,4,7-13,16-17,19-20H2/t22-,23?/m1/s1. The predicted molar refractivity (Wildman–Crippen MR) is 152 cm³/mol. The molecule has 4 aliphatic rings. The summed E-state index contributed by atoms with van der Waals surface area (Å²) in [5.74, 6) is 0.418. The Bertz CT molecular complexity index is 1470. The molecule has 2 saturated heterocycles. The van der Waals surface area contributed by atoms with E-state index in [1.807, 2.05) is 6.07 Å². The number of aliphatic hydroxyl groups is 1. The van der Waals surface area contributed by atoms with Crippen LogP contribution < -0.4 is 10.1 Å². The van der Waals surface area contributed by atoms with Crippen molar-refractivity contribution >= 4 is 19.9 Å². The molecule has 3 fully saturated rings. The average molecular weight is 606 g/mol. The number of piperidine rings is 1. The highest BCUT2D eigenvalue weighted by Crippen LogP contribution is 2.38. The van der Waals surface area contributed by atoms with Crippen molar-refractivity contribution in [1.82, 2.24) is 14.6 Å². The minimum Gasteiger partial charge on any atom is -0.491 e. The summed E-state index contributed by atoms with van der Waals surface area (Å²) < 4.78 is 65.1. The fraction of sp³-hybridized carbons (Fsp3) is 0.621. The summed E-state index contributed by atoms with van der Waals surface area (Å²) in [4.78, 5) is 5.00. The third-order valence-corrected chi connectivity index (χ3v) is 12.9. The molecule has 10 nitrogen and oxygen atoms in total. The lowest BCUT2D eigenvalue weighted by Gasteiger charge is -2.38. The van der Waals surface area contributed by atoms with E-state index in [-0.39, 0.29) is 33.3 Å². The van der Waals surface area contributed by atoms with Crippen molar-refractivity contribution in [3.05, 3.63) is 47.8 Å². The molecule has 1 saturated carbocycles. The van der Waals surface area contributed by atoms with Gasteiger partial charge >= 0.3 is 0 Å². The lowest BCUT2D eigenvalue weighted by Crippen LogP contribution is -2.47. The van der Waals surface area contributed by atoms with Crippen LogP contribution in [0.3, 0.4) is 0 Å². The smallest absolute Gasteiger partial charge is 0.244 e. The van der Waals surface area contributed by atoms with Crippen molar-refractivity contribution in [2.45, 2.75) is 90.6 Å². The van der Waals surface area contributed by atoms with E-state index in [9.17, 15) is 21.9 Å². The first-order valence-electron chi connectivity index (χ1n) is 14.6. The minimum atomic E-state index is -3.60. The van der Waals surface area contributed by atoms with Crippen molar-refractivity contribution in [1.29, 1.82) is 0 Å².